The Bertz CT molecular complexity index is 1920. The number of piperidine rings is 1. The molecule has 3 aromatic carbocycles. The van der Waals surface area contributed by atoms with Crippen LogP contribution in [0.3, 0.4) is 0 Å². The summed E-state index contributed by atoms with van der Waals surface area (Å²) < 4.78 is 54.2. The number of amides is 1. The van der Waals surface area contributed by atoms with Crippen molar-refractivity contribution in [1.29, 1.82) is 0 Å². The molecule has 244 valence electrons. The summed E-state index contributed by atoms with van der Waals surface area (Å²) in [6.07, 6.45) is 4.42. The van der Waals surface area contributed by atoms with E-state index in [1.807, 2.05) is 32.9 Å². The van der Waals surface area contributed by atoms with Gasteiger partial charge in [-0.25, -0.2) is 17.6 Å². The van der Waals surface area contributed by atoms with E-state index in [0.29, 0.717) is 58.6 Å². The second kappa shape index (κ2) is 13.3. The SMILES string of the molecule is CCS(=O)(=O)c1ccc(Oc2ccc(CCC3CCN(C(=O)OC(C)(C)C)CC3)c(F)c2)c(-c2cn(C)c(=O)c3ccccc23)c1. The second-order valence-electron chi connectivity index (χ2n) is 12.9. The maximum atomic E-state index is 15.4. The summed E-state index contributed by atoms with van der Waals surface area (Å²) >= 11 is 0. The van der Waals surface area contributed by atoms with Crippen LogP contribution in [0.15, 0.2) is 76.6 Å². The number of hydrogen-bond donors (Lipinski definition) is 0. The summed E-state index contributed by atoms with van der Waals surface area (Å²) in [5.41, 5.74) is 0.970. The number of likely N-dealkylation sites (tertiary alicyclic amines) is 1. The van der Waals surface area contributed by atoms with E-state index in [0.717, 1.165) is 19.3 Å². The number of halogens is 1. The molecule has 1 saturated heterocycles. The van der Waals surface area contributed by atoms with Gasteiger partial charge in [-0.1, -0.05) is 31.2 Å². The van der Waals surface area contributed by atoms with Crippen LogP contribution < -0.4 is 10.3 Å². The molecule has 0 N–H and O–H groups in total. The van der Waals surface area contributed by atoms with Crippen LogP contribution in [0.25, 0.3) is 21.9 Å². The fourth-order valence-electron chi connectivity index (χ4n) is 5.81. The molecular formula is C36H41FN2O6S. The van der Waals surface area contributed by atoms with E-state index in [9.17, 15) is 18.0 Å². The van der Waals surface area contributed by atoms with E-state index in [-0.39, 0.29) is 33.9 Å². The number of carbonyl (C=O) groups excluding carboxylic acids is 1. The van der Waals surface area contributed by atoms with Crippen molar-refractivity contribution in [2.24, 2.45) is 13.0 Å². The Morgan fingerprint density at radius 3 is 2.33 bits per heavy atom. The van der Waals surface area contributed by atoms with Gasteiger partial charge in [0.1, 0.15) is 22.9 Å². The number of pyridine rings is 1. The molecule has 46 heavy (non-hydrogen) atoms. The van der Waals surface area contributed by atoms with Crippen molar-refractivity contribution in [3.63, 3.8) is 0 Å². The summed E-state index contributed by atoms with van der Waals surface area (Å²) in [6, 6.07) is 16.5. The number of benzene rings is 3. The van der Waals surface area contributed by atoms with E-state index < -0.39 is 15.4 Å². The standard InChI is InChI=1S/C36H41FN2O6S/c1-6-46(42,43)27-15-16-33(30(22-27)31-23-38(5)34(40)29-10-8-7-9-28(29)31)44-26-14-13-25(32(37)21-26)12-11-24-17-19-39(20-18-24)35(41)45-36(2,3)4/h7-10,13-16,21-24H,6,11-12,17-20H2,1-5H3. The molecule has 8 nitrogen and oxygen atoms in total. The van der Waals surface area contributed by atoms with E-state index in [1.165, 1.54) is 16.7 Å². The molecule has 0 atom stereocenters. The van der Waals surface area contributed by atoms with Crippen LogP contribution in [-0.4, -0.2) is 48.4 Å². The van der Waals surface area contributed by atoms with Crippen LogP contribution in [-0.2, 0) is 28.0 Å². The van der Waals surface area contributed by atoms with E-state index >= 15 is 4.39 Å². The molecule has 2 heterocycles. The molecule has 10 heteroatoms. The molecule has 1 aliphatic heterocycles. The van der Waals surface area contributed by atoms with Gasteiger partial charge in [0.05, 0.1) is 10.6 Å². The van der Waals surface area contributed by atoms with Gasteiger partial charge in [-0.15, -0.1) is 0 Å². The number of aromatic nitrogens is 1. The van der Waals surface area contributed by atoms with Crippen molar-refractivity contribution in [2.75, 3.05) is 18.8 Å². The molecule has 1 fully saturated rings. The second-order valence-corrected chi connectivity index (χ2v) is 15.1. The number of carbonyl (C=O) groups is 1. The zero-order valence-electron chi connectivity index (χ0n) is 27.0. The van der Waals surface area contributed by atoms with Crippen molar-refractivity contribution in [2.45, 2.75) is 63.9 Å². The quantitative estimate of drug-likeness (QED) is 0.196. The first-order valence-electron chi connectivity index (χ1n) is 15.7. The lowest BCUT2D eigenvalue weighted by Gasteiger charge is -2.33. The largest absolute Gasteiger partial charge is 0.457 e. The highest BCUT2D eigenvalue weighted by molar-refractivity contribution is 7.91. The van der Waals surface area contributed by atoms with Gasteiger partial charge >= 0.3 is 6.09 Å². The molecule has 1 aliphatic rings. The van der Waals surface area contributed by atoms with E-state index in [2.05, 4.69) is 0 Å². The van der Waals surface area contributed by atoms with Gasteiger partial charge in [-0.3, -0.25) is 4.79 Å². The summed E-state index contributed by atoms with van der Waals surface area (Å²) in [4.78, 5) is 27.1. The smallest absolute Gasteiger partial charge is 0.410 e. The third kappa shape index (κ3) is 7.44. The normalized spacial score (nSPS) is 14.4. The van der Waals surface area contributed by atoms with Crippen LogP contribution in [0.1, 0.15) is 52.5 Å². The highest BCUT2D eigenvalue weighted by Gasteiger charge is 2.27. The molecule has 1 aromatic heterocycles. The predicted molar refractivity (Wildman–Crippen MR) is 178 cm³/mol. The number of aryl methyl sites for hydroxylation is 2. The van der Waals surface area contributed by atoms with Gasteiger partial charge in [-0.05, 0) is 93.7 Å². The minimum Gasteiger partial charge on any atom is -0.457 e. The molecule has 4 aromatic rings. The number of rotatable bonds is 8. The van der Waals surface area contributed by atoms with Crippen LogP contribution in [0, 0.1) is 11.7 Å². The molecule has 0 radical (unpaired) electrons. The molecule has 0 unspecified atom stereocenters. The van der Waals surface area contributed by atoms with E-state index in [1.54, 1.807) is 61.5 Å². The van der Waals surface area contributed by atoms with Crippen LogP contribution >= 0.6 is 0 Å². The minimum absolute atomic E-state index is 0.0732. The molecule has 1 amide bonds. The molecule has 0 saturated carbocycles. The molecule has 0 aliphatic carbocycles. The molecule has 0 bridgehead atoms. The van der Waals surface area contributed by atoms with Gasteiger partial charge in [0.15, 0.2) is 9.84 Å². The minimum atomic E-state index is -3.54. The maximum Gasteiger partial charge on any atom is 0.410 e. The summed E-state index contributed by atoms with van der Waals surface area (Å²) in [5.74, 6) is 0.529. The third-order valence-electron chi connectivity index (χ3n) is 8.41. The Hall–Kier alpha value is -4.18. The molecule has 0 spiro atoms. The Labute approximate surface area is 269 Å². The van der Waals surface area contributed by atoms with Crippen LogP contribution in [0.2, 0.25) is 0 Å². The van der Waals surface area contributed by atoms with E-state index in [4.69, 9.17) is 9.47 Å². The molecular weight excluding hydrogens is 607 g/mol. The zero-order valence-corrected chi connectivity index (χ0v) is 27.8. The summed E-state index contributed by atoms with van der Waals surface area (Å²) in [5, 5.41) is 1.14. The first-order valence-corrected chi connectivity index (χ1v) is 17.3. The van der Waals surface area contributed by atoms with Gasteiger partial charge in [0.2, 0.25) is 0 Å². The van der Waals surface area contributed by atoms with Crippen molar-refractivity contribution in [3.05, 3.63) is 88.6 Å². The summed E-state index contributed by atoms with van der Waals surface area (Å²) in [6.45, 7) is 8.39. The highest BCUT2D eigenvalue weighted by Crippen LogP contribution is 2.39. The average Bonchev–Trinajstić information content (AvgIpc) is 3.02. The number of fused-ring (bicyclic) bond motifs is 1. The van der Waals surface area contributed by atoms with Crippen LogP contribution in [0.4, 0.5) is 9.18 Å². The van der Waals surface area contributed by atoms with Crippen molar-refractivity contribution < 1.29 is 27.1 Å². The van der Waals surface area contributed by atoms with Gasteiger partial charge in [0.25, 0.3) is 5.56 Å². The lowest BCUT2D eigenvalue weighted by atomic mass is 9.90. The fourth-order valence-corrected chi connectivity index (χ4v) is 6.72. The lowest BCUT2D eigenvalue weighted by Crippen LogP contribution is -2.41. The first kappa shape index (κ1) is 33.2. The number of ether oxygens (including phenoxy) is 2. The average molecular weight is 649 g/mol. The highest BCUT2D eigenvalue weighted by atomic mass is 32.2. The number of nitrogens with zero attached hydrogens (tertiary/aromatic N) is 2. The van der Waals surface area contributed by atoms with Crippen molar-refractivity contribution in [1.82, 2.24) is 9.47 Å². The fraction of sp³-hybridized carbons (Fsp3) is 0.389. The van der Waals surface area contributed by atoms with Crippen molar-refractivity contribution >= 4 is 26.7 Å². The topological polar surface area (TPSA) is 94.9 Å². The number of sulfone groups is 1. The number of hydrogen-bond acceptors (Lipinski definition) is 6. The predicted octanol–water partition coefficient (Wildman–Crippen LogP) is 7.51. The van der Waals surface area contributed by atoms with Gasteiger partial charge < -0.3 is 18.9 Å². The zero-order chi connectivity index (χ0) is 33.2. The Morgan fingerprint density at radius 1 is 0.978 bits per heavy atom. The van der Waals surface area contributed by atoms with Crippen LogP contribution in [0.5, 0.6) is 11.5 Å². The molecule has 5 rings (SSSR count). The Morgan fingerprint density at radius 2 is 1.67 bits per heavy atom. The monoisotopic (exact) mass is 648 g/mol. The first-order chi connectivity index (χ1) is 21.8. The lowest BCUT2D eigenvalue weighted by molar-refractivity contribution is 0.0181. The Kier molecular flexibility index (Phi) is 9.58. The van der Waals surface area contributed by atoms with Gasteiger partial charge in [-0.2, -0.15) is 0 Å². The summed E-state index contributed by atoms with van der Waals surface area (Å²) in [7, 11) is -1.90. The third-order valence-corrected chi connectivity index (χ3v) is 10.1. The Balaban J connectivity index is 1.35. The van der Waals surface area contributed by atoms with Crippen molar-refractivity contribution in [3.8, 4) is 22.6 Å². The maximum absolute atomic E-state index is 15.4. The van der Waals surface area contributed by atoms with Gasteiger partial charge in [0, 0.05) is 48.9 Å².